The maximum Gasteiger partial charge on any atom is 0.240 e. The monoisotopic (exact) mass is 360 g/mol. The Labute approximate surface area is 147 Å². The summed E-state index contributed by atoms with van der Waals surface area (Å²) in [5.41, 5.74) is 0. The fourth-order valence-electron chi connectivity index (χ4n) is 3.53. The zero-order valence-electron chi connectivity index (χ0n) is 13.7. The van der Waals surface area contributed by atoms with Gasteiger partial charge in [0.2, 0.25) is 16.0 Å². The van der Waals surface area contributed by atoms with E-state index in [1.165, 1.54) is 0 Å². The van der Waals surface area contributed by atoms with Crippen LogP contribution in [0.25, 0.3) is 0 Å². The molecule has 1 aromatic heterocycles. The molecule has 0 radical (unpaired) electrons. The van der Waals surface area contributed by atoms with Crippen LogP contribution in [0, 0.1) is 11.8 Å². The van der Waals surface area contributed by atoms with E-state index in [9.17, 15) is 8.42 Å². The largest absolute Gasteiger partial charge is 0.376 e. The Morgan fingerprint density at radius 2 is 1.88 bits per heavy atom. The first-order chi connectivity index (χ1) is 12.1. The molecule has 7 nitrogen and oxygen atoms in total. The van der Waals surface area contributed by atoms with Gasteiger partial charge in [0, 0.05) is 43.9 Å². The second-order valence-electron chi connectivity index (χ2n) is 6.41. The molecule has 2 aliphatic heterocycles. The smallest absolute Gasteiger partial charge is 0.240 e. The first-order valence-corrected chi connectivity index (χ1v) is 9.80. The number of aromatic nitrogens is 2. The van der Waals surface area contributed by atoms with Gasteiger partial charge in [0.25, 0.3) is 0 Å². The molecule has 1 N–H and O–H groups in total. The van der Waals surface area contributed by atoms with E-state index < -0.39 is 10.0 Å². The number of ether oxygens (including phenoxy) is 1. The van der Waals surface area contributed by atoms with Crippen LogP contribution in [0.2, 0.25) is 0 Å². The highest BCUT2D eigenvalue weighted by Gasteiger charge is 2.44. The van der Waals surface area contributed by atoms with Gasteiger partial charge >= 0.3 is 0 Å². The van der Waals surface area contributed by atoms with Gasteiger partial charge in [-0.25, -0.2) is 23.1 Å². The average molecular weight is 360 g/mol. The van der Waals surface area contributed by atoms with E-state index in [0.29, 0.717) is 19.1 Å². The molecule has 25 heavy (non-hydrogen) atoms. The molecule has 0 aliphatic carbocycles. The molecule has 3 atom stereocenters. The molecule has 2 aliphatic rings. The van der Waals surface area contributed by atoms with E-state index in [1.807, 2.05) is 0 Å². The van der Waals surface area contributed by atoms with Gasteiger partial charge in [0.1, 0.15) is 0 Å². The predicted molar refractivity (Wildman–Crippen MR) is 92.6 cm³/mol. The van der Waals surface area contributed by atoms with Crippen LogP contribution in [0.15, 0.2) is 53.7 Å². The fraction of sp³-hybridized carbons (Fsp3) is 0.412. The minimum absolute atomic E-state index is 0.107. The van der Waals surface area contributed by atoms with E-state index in [2.05, 4.69) is 19.6 Å². The number of nitrogens with one attached hydrogen (secondary N) is 1. The Bertz CT molecular complexity index is 816. The number of anilines is 1. The summed E-state index contributed by atoms with van der Waals surface area (Å²) in [4.78, 5) is 11.0. The molecule has 132 valence electrons. The van der Waals surface area contributed by atoms with Crippen molar-refractivity contribution in [3.05, 3.63) is 48.8 Å². The summed E-state index contributed by atoms with van der Waals surface area (Å²) in [7, 11) is -3.49. The topological polar surface area (TPSA) is 84.4 Å². The van der Waals surface area contributed by atoms with E-state index in [4.69, 9.17) is 4.74 Å². The first-order valence-electron chi connectivity index (χ1n) is 8.32. The molecule has 4 rings (SSSR count). The van der Waals surface area contributed by atoms with Crippen molar-refractivity contribution in [2.45, 2.75) is 11.0 Å². The Morgan fingerprint density at radius 1 is 1.12 bits per heavy atom. The van der Waals surface area contributed by atoms with Crippen molar-refractivity contribution in [1.82, 2.24) is 14.7 Å². The summed E-state index contributed by atoms with van der Waals surface area (Å²) in [6, 6.07) is 10.2. The lowest BCUT2D eigenvalue weighted by Gasteiger charge is -2.19. The molecule has 0 amide bonds. The summed E-state index contributed by atoms with van der Waals surface area (Å²) >= 11 is 0. The number of hydrogen-bond acceptors (Lipinski definition) is 6. The van der Waals surface area contributed by atoms with Gasteiger partial charge in [-0.1, -0.05) is 18.2 Å². The summed E-state index contributed by atoms with van der Waals surface area (Å²) in [5.74, 6) is 1.13. The maximum absolute atomic E-state index is 12.4. The number of nitrogens with zero attached hydrogens (tertiary/aromatic N) is 3. The minimum atomic E-state index is -3.49. The fourth-order valence-corrected chi connectivity index (χ4v) is 4.64. The second-order valence-corrected chi connectivity index (χ2v) is 8.18. The van der Waals surface area contributed by atoms with Crippen molar-refractivity contribution in [2.75, 3.05) is 31.1 Å². The Morgan fingerprint density at radius 3 is 2.64 bits per heavy atom. The zero-order valence-corrected chi connectivity index (χ0v) is 14.5. The Hall–Kier alpha value is -2.03. The maximum atomic E-state index is 12.4. The number of sulfonamides is 1. The van der Waals surface area contributed by atoms with E-state index in [-0.39, 0.29) is 22.8 Å². The Balaban J connectivity index is 1.40. The lowest BCUT2D eigenvalue weighted by molar-refractivity contribution is 0.111. The van der Waals surface area contributed by atoms with Crippen molar-refractivity contribution < 1.29 is 13.2 Å². The van der Waals surface area contributed by atoms with Crippen LogP contribution in [0.5, 0.6) is 0 Å². The quantitative estimate of drug-likeness (QED) is 0.853. The van der Waals surface area contributed by atoms with E-state index in [1.54, 1.807) is 48.8 Å². The Kier molecular flexibility index (Phi) is 4.41. The third-order valence-corrected chi connectivity index (χ3v) is 6.30. The molecule has 0 spiro atoms. The predicted octanol–water partition coefficient (Wildman–Crippen LogP) is 0.906. The lowest BCUT2D eigenvalue weighted by Crippen LogP contribution is -2.34. The van der Waals surface area contributed by atoms with Crippen LogP contribution in [0.4, 0.5) is 5.95 Å². The molecule has 8 heteroatoms. The van der Waals surface area contributed by atoms with Gasteiger partial charge in [-0.05, 0) is 18.2 Å². The van der Waals surface area contributed by atoms with Crippen molar-refractivity contribution in [2.24, 2.45) is 11.8 Å². The second kappa shape index (κ2) is 6.70. The van der Waals surface area contributed by atoms with Crippen molar-refractivity contribution in [3.8, 4) is 0 Å². The van der Waals surface area contributed by atoms with Crippen molar-refractivity contribution in [3.63, 3.8) is 0 Å². The number of benzene rings is 1. The highest BCUT2D eigenvalue weighted by atomic mass is 32.2. The molecular formula is C17H20N4O3S. The molecule has 3 heterocycles. The molecule has 0 unspecified atom stereocenters. The van der Waals surface area contributed by atoms with Crippen molar-refractivity contribution >= 4 is 16.0 Å². The number of hydrogen-bond donors (Lipinski definition) is 1. The van der Waals surface area contributed by atoms with Gasteiger partial charge in [0.05, 0.1) is 17.6 Å². The van der Waals surface area contributed by atoms with Crippen LogP contribution < -0.4 is 9.62 Å². The minimum Gasteiger partial charge on any atom is -0.376 e. The van der Waals surface area contributed by atoms with Gasteiger partial charge in [0.15, 0.2) is 0 Å². The van der Waals surface area contributed by atoms with Gasteiger partial charge in [-0.2, -0.15) is 0 Å². The summed E-state index contributed by atoms with van der Waals surface area (Å²) in [6.45, 7) is 2.49. The van der Waals surface area contributed by atoms with Crippen LogP contribution in [-0.2, 0) is 14.8 Å². The van der Waals surface area contributed by atoms with E-state index >= 15 is 0 Å². The molecule has 2 fully saturated rings. The lowest BCUT2D eigenvalue weighted by atomic mass is 9.93. The molecule has 1 aromatic carbocycles. The summed E-state index contributed by atoms with van der Waals surface area (Å²) < 4.78 is 33.4. The molecular weight excluding hydrogens is 340 g/mol. The molecule has 2 saturated heterocycles. The highest BCUT2D eigenvalue weighted by Crippen LogP contribution is 2.34. The zero-order chi connectivity index (χ0) is 17.3. The van der Waals surface area contributed by atoms with Gasteiger partial charge in [-0.15, -0.1) is 0 Å². The average Bonchev–Trinajstić information content (AvgIpc) is 3.23. The number of rotatable bonds is 5. The van der Waals surface area contributed by atoms with Crippen molar-refractivity contribution in [1.29, 1.82) is 0 Å². The molecule has 0 bridgehead atoms. The third-order valence-electron chi connectivity index (χ3n) is 4.86. The van der Waals surface area contributed by atoms with Crippen LogP contribution in [-0.4, -0.2) is 50.7 Å². The van der Waals surface area contributed by atoms with Gasteiger partial charge < -0.3 is 9.64 Å². The van der Waals surface area contributed by atoms with Gasteiger partial charge in [-0.3, -0.25) is 0 Å². The highest BCUT2D eigenvalue weighted by molar-refractivity contribution is 7.89. The molecule has 2 aromatic rings. The summed E-state index contributed by atoms with van der Waals surface area (Å²) in [5, 5.41) is 0. The van der Waals surface area contributed by atoms with Crippen LogP contribution in [0.3, 0.4) is 0 Å². The summed E-state index contributed by atoms with van der Waals surface area (Å²) in [6.07, 6.45) is 3.56. The SMILES string of the molecule is O=S(=O)(NC[C@@H]1CO[C@@H]2CN(c3ncccn3)C[C@H]12)c1ccccc1. The third kappa shape index (κ3) is 3.37. The first kappa shape index (κ1) is 16.4. The normalized spacial score (nSPS) is 25.9. The van der Waals surface area contributed by atoms with Crippen LogP contribution in [0.1, 0.15) is 0 Å². The van der Waals surface area contributed by atoms with Crippen LogP contribution >= 0.6 is 0 Å². The molecule has 0 saturated carbocycles. The standard InChI is InChI=1S/C17H20N4O3S/c22-25(23,14-5-2-1-3-6-14)20-9-13-12-24-16-11-21(10-15(13)16)17-18-7-4-8-19-17/h1-8,13,15-16,20H,9-12H2/t13-,15-,16-/m1/s1. The van der Waals surface area contributed by atoms with E-state index in [0.717, 1.165) is 13.1 Å². The number of fused-ring (bicyclic) bond motifs is 1.